The Morgan fingerprint density at radius 3 is 2.75 bits per heavy atom. The van der Waals surface area contributed by atoms with Gasteiger partial charge in [0.25, 0.3) is 0 Å². The normalized spacial score (nSPS) is 18.7. The molecule has 24 heavy (non-hydrogen) atoms. The summed E-state index contributed by atoms with van der Waals surface area (Å²) in [4.78, 5) is 18.6. The largest absolute Gasteiger partial charge is 0.383 e. The molecule has 0 spiro atoms. The average Bonchev–Trinajstić information content (AvgIpc) is 2.54. The second kappa shape index (κ2) is 7.49. The molecule has 6 heteroatoms. The minimum absolute atomic E-state index is 0.300. The summed E-state index contributed by atoms with van der Waals surface area (Å²) >= 11 is 3.42. The average molecular weight is 391 g/mol. The summed E-state index contributed by atoms with van der Waals surface area (Å²) in [5.41, 5.74) is 7.69. The molecule has 5 nitrogen and oxygen atoms in total. The zero-order valence-electron chi connectivity index (χ0n) is 13.9. The molecule has 1 saturated heterocycles. The van der Waals surface area contributed by atoms with Crippen LogP contribution in [0.4, 0.5) is 5.82 Å². The van der Waals surface area contributed by atoms with Crippen molar-refractivity contribution in [2.75, 3.05) is 18.8 Å². The van der Waals surface area contributed by atoms with Gasteiger partial charge < -0.3 is 5.73 Å². The van der Waals surface area contributed by atoms with Crippen LogP contribution < -0.4 is 11.4 Å². The van der Waals surface area contributed by atoms with Gasteiger partial charge in [0.1, 0.15) is 5.82 Å². The predicted molar refractivity (Wildman–Crippen MR) is 99.8 cm³/mol. The van der Waals surface area contributed by atoms with Crippen molar-refractivity contribution in [1.82, 2.24) is 14.5 Å². The molecule has 128 valence electrons. The van der Waals surface area contributed by atoms with Crippen LogP contribution >= 0.6 is 15.9 Å². The first kappa shape index (κ1) is 17.2. The monoisotopic (exact) mass is 390 g/mol. The summed E-state index contributed by atoms with van der Waals surface area (Å²) in [5.74, 6) is 1.06. The van der Waals surface area contributed by atoms with E-state index in [9.17, 15) is 4.79 Å². The van der Waals surface area contributed by atoms with E-state index >= 15 is 0 Å². The quantitative estimate of drug-likeness (QED) is 0.871. The van der Waals surface area contributed by atoms with Gasteiger partial charge in [-0.05, 0) is 43.0 Å². The zero-order chi connectivity index (χ0) is 17.1. The molecule has 0 aliphatic carbocycles. The lowest BCUT2D eigenvalue weighted by Crippen LogP contribution is -2.35. The van der Waals surface area contributed by atoms with Gasteiger partial charge in [-0.1, -0.05) is 35.0 Å². The Bertz CT molecular complexity index is 757. The smallest absolute Gasteiger partial charge is 0.349 e. The second-order valence-corrected chi connectivity index (χ2v) is 7.59. The van der Waals surface area contributed by atoms with Crippen molar-refractivity contribution in [2.24, 2.45) is 5.92 Å². The SMILES string of the molecule is CC1CCCN(Cc2cn(Cc3ccc(Br)cc3)c(=O)nc2N)C1. The van der Waals surface area contributed by atoms with E-state index in [0.29, 0.717) is 18.3 Å². The van der Waals surface area contributed by atoms with Crippen molar-refractivity contribution < 1.29 is 0 Å². The fourth-order valence-corrected chi connectivity index (χ4v) is 3.51. The molecule has 1 unspecified atom stereocenters. The van der Waals surface area contributed by atoms with E-state index < -0.39 is 0 Å². The Hall–Kier alpha value is -1.66. The molecule has 1 aliphatic rings. The number of nitrogen functional groups attached to an aromatic ring is 1. The van der Waals surface area contributed by atoms with Crippen LogP contribution in [0.5, 0.6) is 0 Å². The molecule has 2 heterocycles. The highest BCUT2D eigenvalue weighted by atomic mass is 79.9. The Labute approximate surface area is 150 Å². The molecule has 1 aromatic carbocycles. The number of benzene rings is 1. The highest BCUT2D eigenvalue weighted by molar-refractivity contribution is 9.10. The standard InChI is InChI=1S/C18H23BrN4O/c1-13-3-2-8-22(9-13)11-15-12-23(18(24)21-17(15)20)10-14-4-6-16(19)7-5-14/h4-7,12-13H,2-3,8-11H2,1H3,(H2,20,21,24). The van der Waals surface area contributed by atoms with Crippen molar-refractivity contribution >= 4 is 21.7 Å². The number of halogens is 1. The third-order valence-corrected chi connectivity index (χ3v) is 5.03. The maximum atomic E-state index is 12.2. The predicted octanol–water partition coefficient (Wildman–Crippen LogP) is 2.87. The van der Waals surface area contributed by atoms with Crippen LogP contribution in [0.25, 0.3) is 0 Å². The number of aromatic nitrogens is 2. The maximum absolute atomic E-state index is 12.2. The van der Waals surface area contributed by atoms with E-state index in [4.69, 9.17) is 5.73 Å². The fraction of sp³-hybridized carbons (Fsp3) is 0.444. The summed E-state index contributed by atoms with van der Waals surface area (Å²) in [6, 6.07) is 7.94. The molecule has 2 N–H and O–H groups in total. The van der Waals surface area contributed by atoms with Crippen molar-refractivity contribution in [2.45, 2.75) is 32.9 Å². The van der Waals surface area contributed by atoms with Gasteiger partial charge >= 0.3 is 5.69 Å². The molecular formula is C18H23BrN4O. The van der Waals surface area contributed by atoms with Crippen LogP contribution in [0.15, 0.2) is 39.7 Å². The highest BCUT2D eigenvalue weighted by Crippen LogP contribution is 2.19. The first-order valence-corrected chi connectivity index (χ1v) is 9.13. The molecule has 0 bridgehead atoms. The van der Waals surface area contributed by atoms with Gasteiger partial charge in [0, 0.05) is 29.3 Å². The first-order chi connectivity index (χ1) is 11.5. The summed E-state index contributed by atoms with van der Waals surface area (Å²) in [6.07, 6.45) is 4.37. The number of nitrogens with zero attached hydrogens (tertiary/aromatic N) is 3. The van der Waals surface area contributed by atoms with E-state index in [-0.39, 0.29) is 5.69 Å². The summed E-state index contributed by atoms with van der Waals surface area (Å²) in [6.45, 7) is 5.69. The van der Waals surface area contributed by atoms with E-state index in [1.807, 2.05) is 30.5 Å². The van der Waals surface area contributed by atoms with E-state index in [2.05, 4.69) is 32.7 Å². The van der Waals surface area contributed by atoms with Crippen LogP contribution in [-0.2, 0) is 13.1 Å². The van der Waals surface area contributed by atoms with Gasteiger partial charge in [-0.2, -0.15) is 4.98 Å². The Balaban J connectivity index is 1.80. The molecule has 0 radical (unpaired) electrons. The lowest BCUT2D eigenvalue weighted by Gasteiger charge is -2.31. The highest BCUT2D eigenvalue weighted by Gasteiger charge is 2.18. The zero-order valence-corrected chi connectivity index (χ0v) is 15.5. The van der Waals surface area contributed by atoms with Crippen LogP contribution in [0.2, 0.25) is 0 Å². The molecule has 0 amide bonds. The molecule has 1 aliphatic heterocycles. The second-order valence-electron chi connectivity index (χ2n) is 6.67. The van der Waals surface area contributed by atoms with Crippen molar-refractivity contribution in [3.8, 4) is 0 Å². The van der Waals surface area contributed by atoms with Gasteiger partial charge in [-0.25, -0.2) is 4.79 Å². The Morgan fingerprint density at radius 2 is 2.04 bits per heavy atom. The molecule has 1 fully saturated rings. The molecule has 0 saturated carbocycles. The van der Waals surface area contributed by atoms with Crippen LogP contribution in [0, 0.1) is 5.92 Å². The number of hydrogen-bond acceptors (Lipinski definition) is 4. The number of piperidine rings is 1. The van der Waals surface area contributed by atoms with Gasteiger partial charge in [-0.15, -0.1) is 0 Å². The first-order valence-electron chi connectivity index (χ1n) is 8.34. The molecule has 1 aromatic heterocycles. The molecular weight excluding hydrogens is 368 g/mol. The van der Waals surface area contributed by atoms with Gasteiger partial charge in [0.15, 0.2) is 0 Å². The third-order valence-electron chi connectivity index (χ3n) is 4.50. The van der Waals surface area contributed by atoms with Crippen LogP contribution in [0.3, 0.4) is 0 Å². The summed E-state index contributed by atoms with van der Waals surface area (Å²) < 4.78 is 2.66. The maximum Gasteiger partial charge on any atom is 0.349 e. The molecule has 3 rings (SSSR count). The number of rotatable bonds is 4. The van der Waals surface area contributed by atoms with E-state index in [0.717, 1.165) is 35.2 Å². The van der Waals surface area contributed by atoms with E-state index in [1.165, 1.54) is 12.8 Å². The van der Waals surface area contributed by atoms with Crippen molar-refractivity contribution in [3.63, 3.8) is 0 Å². The minimum Gasteiger partial charge on any atom is -0.383 e. The molecule has 2 aromatic rings. The van der Waals surface area contributed by atoms with Crippen LogP contribution in [0.1, 0.15) is 30.9 Å². The number of anilines is 1. The fourth-order valence-electron chi connectivity index (χ4n) is 3.24. The van der Waals surface area contributed by atoms with Crippen molar-refractivity contribution in [3.05, 3.63) is 56.5 Å². The van der Waals surface area contributed by atoms with E-state index in [1.54, 1.807) is 4.57 Å². The number of hydrogen-bond donors (Lipinski definition) is 1. The van der Waals surface area contributed by atoms with Gasteiger partial charge in [0.05, 0.1) is 6.54 Å². The topological polar surface area (TPSA) is 64.2 Å². The molecule has 1 atom stereocenters. The number of nitrogens with two attached hydrogens (primary N) is 1. The summed E-state index contributed by atoms with van der Waals surface area (Å²) in [7, 11) is 0. The van der Waals surface area contributed by atoms with Crippen LogP contribution in [-0.4, -0.2) is 27.5 Å². The minimum atomic E-state index is -0.300. The number of likely N-dealkylation sites (tertiary alicyclic amines) is 1. The Kier molecular flexibility index (Phi) is 5.36. The third kappa shape index (κ3) is 4.24. The Morgan fingerprint density at radius 1 is 1.29 bits per heavy atom. The van der Waals surface area contributed by atoms with Crippen molar-refractivity contribution in [1.29, 1.82) is 0 Å². The van der Waals surface area contributed by atoms with Gasteiger partial charge in [0.2, 0.25) is 0 Å². The lowest BCUT2D eigenvalue weighted by atomic mass is 10.00. The summed E-state index contributed by atoms with van der Waals surface area (Å²) in [5, 5.41) is 0. The lowest BCUT2D eigenvalue weighted by molar-refractivity contribution is 0.176. The van der Waals surface area contributed by atoms with Gasteiger partial charge in [-0.3, -0.25) is 9.47 Å².